The molecule has 0 N–H and O–H groups in total. The van der Waals surface area contributed by atoms with Crippen LogP contribution in [0.15, 0.2) is 37.1 Å². The van der Waals surface area contributed by atoms with Crippen LogP contribution in [0.1, 0.15) is 32.3 Å². The summed E-state index contributed by atoms with van der Waals surface area (Å²) in [6, 6.07) is 5.21. The molecule has 1 aromatic carbocycles. The van der Waals surface area contributed by atoms with E-state index in [2.05, 4.69) is 20.4 Å². The largest absolute Gasteiger partial charge is 0.493 e. The number of hydrogen-bond donors (Lipinski definition) is 0. The molecular formula is C20H27NO6. The van der Waals surface area contributed by atoms with Crippen molar-refractivity contribution in [3.05, 3.63) is 52.7 Å². The van der Waals surface area contributed by atoms with Crippen LogP contribution in [-0.4, -0.2) is 38.1 Å². The molecule has 0 amide bonds. The van der Waals surface area contributed by atoms with Gasteiger partial charge in [-0.25, -0.2) is 0 Å². The molecule has 7 heteroatoms. The van der Waals surface area contributed by atoms with E-state index in [1.165, 1.54) is 7.11 Å². The number of hydrogen-bond acceptors (Lipinski definition) is 6. The van der Waals surface area contributed by atoms with Crippen LogP contribution in [0.3, 0.4) is 0 Å². The third-order valence-electron chi connectivity index (χ3n) is 4.48. The van der Waals surface area contributed by atoms with Gasteiger partial charge in [-0.2, -0.15) is 0 Å². The first kappa shape index (κ1) is 20.9. The van der Waals surface area contributed by atoms with E-state index >= 15 is 0 Å². The molecule has 0 radical (unpaired) electrons. The maximum Gasteiger partial charge on any atom is 0.238 e. The summed E-state index contributed by atoms with van der Waals surface area (Å²) in [6.45, 7) is 9.00. The van der Waals surface area contributed by atoms with Crippen molar-refractivity contribution >= 4 is 5.57 Å². The maximum absolute atomic E-state index is 11.1. The predicted molar refractivity (Wildman–Crippen MR) is 102 cm³/mol. The van der Waals surface area contributed by atoms with Gasteiger partial charge in [0.15, 0.2) is 17.3 Å². The molecular weight excluding hydrogens is 350 g/mol. The summed E-state index contributed by atoms with van der Waals surface area (Å²) >= 11 is 0. The van der Waals surface area contributed by atoms with E-state index in [-0.39, 0.29) is 5.41 Å². The van der Waals surface area contributed by atoms with Gasteiger partial charge in [0, 0.05) is 17.4 Å². The molecule has 148 valence electrons. The number of ether oxygens (including phenoxy) is 4. The van der Waals surface area contributed by atoms with Gasteiger partial charge in [0.25, 0.3) is 0 Å². The molecule has 0 spiro atoms. The summed E-state index contributed by atoms with van der Waals surface area (Å²) in [4.78, 5) is 10.7. The molecule has 2 rings (SSSR count). The zero-order valence-electron chi connectivity index (χ0n) is 16.3. The first-order chi connectivity index (χ1) is 12.7. The van der Waals surface area contributed by atoms with Crippen LogP contribution in [-0.2, 0) is 9.47 Å². The van der Waals surface area contributed by atoms with Gasteiger partial charge in [-0.1, -0.05) is 26.5 Å². The average molecular weight is 377 g/mol. The van der Waals surface area contributed by atoms with E-state index < -0.39 is 10.7 Å². The summed E-state index contributed by atoms with van der Waals surface area (Å²) in [6.07, 6.45) is 3.43. The van der Waals surface area contributed by atoms with Crippen molar-refractivity contribution in [2.24, 2.45) is 5.41 Å². The lowest BCUT2D eigenvalue weighted by Crippen LogP contribution is -2.46. The van der Waals surface area contributed by atoms with Gasteiger partial charge < -0.3 is 18.9 Å². The Hall–Kier alpha value is -2.38. The second-order valence-electron chi connectivity index (χ2n) is 7.27. The van der Waals surface area contributed by atoms with Gasteiger partial charge in [-0.15, -0.1) is 0 Å². The van der Waals surface area contributed by atoms with Crippen LogP contribution in [0.5, 0.6) is 11.5 Å². The summed E-state index contributed by atoms with van der Waals surface area (Å²) in [5.74, 6) is 0.127. The van der Waals surface area contributed by atoms with Crippen molar-refractivity contribution in [2.75, 3.05) is 27.4 Å². The number of rotatable bonds is 8. The van der Waals surface area contributed by atoms with Gasteiger partial charge >= 0.3 is 0 Å². The van der Waals surface area contributed by atoms with E-state index in [1.807, 2.05) is 0 Å². The van der Waals surface area contributed by atoms with E-state index in [9.17, 15) is 10.1 Å². The third kappa shape index (κ3) is 5.30. The highest BCUT2D eigenvalue weighted by Gasteiger charge is 2.38. The molecule has 1 heterocycles. The normalized spacial score (nSPS) is 18.6. The van der Waals surface area contributed by atoms with E-state index in [0.29, 0.717) is 48.7 Å². The standard InChI is InChI=1S/C20H27NO6/c1-6-20(26-13-19(2,3)14-27-20)10-9-16(12-21(22)23)15-7-8-17(24-4)18(11-15)25-5/h6-8,11-12H,1,9-10,13-14H2,2-5H3/b16-12+. The second kappa shape index (κ2) is 8.54. The summed E-state index contributed by atoms with van der Waals surface area (Å²) in [5, 5.41) is 11.1. The van der Waals surface area contributed by atoms with Gasteiger partial charge in [-0.3, -0.25) is 10.1 Å². The number of benzene rings is 1. The monoisotopic (exact) mass is 377 g/mol. The van der Waals surface area contributed by atoms with Crippen LogP contribution in [0.25, 0.3) is 5.57 Å². The Morgan fingerprint density at radius 2 is 1.89 bits per heavy atom. The molecule has 1 aliphatic rings. The lowest BCUT2D eigenvalue weighted by atomic mass is 9.93. The number of nitro groups is 1. The highest BCUT2D eigenvalue weighted by Crippen LogP contribution is 2.37. The zero-order valence-corrected chi connectivity index (χ0v) is 16.3. The molecule has 0 saturated carbocycles. The Kier molecular flexibility index (Phi) is 6.62. The fourth-order valence-corrected chi connectivity index (χ4v) is 2.84. The summed E-state index contributed by atoms with van der Waals surface area (Å²) in [7, 11) is 3.06. The Bertz CT molecular complexity index is 715. The fourth-order valence-electron chi connectivity index (χ4n) is 2.84. The van der Waals surface area contributed by atoms with Crippen LogP contribution in [0, 0.1) is 15.5 Å². The van der Waals surface area contributed by atoms with Crippen molar-refractivity contribution in [3.8, 4) is 11.5 Å². The highest BCUT2D eigenvalue weighted by atomic mass is 16.7. The van der Waals surface area contributed by atoms with E-state index in [4.69, 9.17) is 18.9 Å². The molecule has 27 heavy (non-hydrogen) atoms. The molecule has 0 unspecified atom stereocenters. The SMILES string of the molecule is C=CC1(CC/C(=C\[N+](=O)[O-])c2ccc(OC)c(OC)c2)OCC(C)(C)CO1. The highest BCUT2D eigenvalue weighted by molar-refractivity contribution is 5.67. The Labute approximate surface area is 159 Å². The van der Waals surface area contributed by atoms with Crippen LogP contribution < -0.4 is 9.47 Å². The minimum absolute atomic E-state index is 0.0740. The molecule has 1 saturated heterocycles. The molecule has 1 fully saturated rings. The molecule has 0 atom stereocenters. The number of methoxy groups -OCH3 is 2. The zero-order chi connectivity index (χ0) is 20.1. The number of allylic oxidation sites excluding steroid dienone is 1. The molecule has 1 aliphatic heterocycles. The van der Waals surface area contributed by atoms with Crippen molar-refractivity contribution in [1.82, 2.24) is 0 Å². The van der Waals surface area contributed by atoms with Crippen LogP contribution in [0.2, 0.25) is 0 Å². The number of nitrogens with zero attached hydrogens (tertiary/aromatic N) is 1. The summed E-state index contributed by atoms with van der Waals surface area (Å²) in [5.41, 5.74) is 1.15. The van der Waals surface area contributed by atoms with Crippen molar-refractivity contribution in [2.45, 2.75) is 32.5 Å². The molecule has 1 aromatic rings. The average Bonchev–Trinajstić information content (AvgIpc) is 2.65. The lowest BCUT2D eigenvalue weighted by Gasteiger charge is -2.42. The Morgan fingerprint density at radius 1 is 1.26 bits per heavy atom. The maximum atomic E-state index is 11.1. The minimum Gasteiger partial charge on any atom is -0.493 e. The summed E-state index contributed by atoms with van der Waals surface area (Å²) < 4.78 is 22.4. The molecule has 0 aromatic heterocycles. The minimum atomic E-state index is -0.943. The first-order valence-corrected chi connectivity index (χ1v) is 8.72. The second-order valence-corrected chi connectivity index (χ2v) is 7.27. The Morgan fingerprint density at radius 3 is 2.41 bits per heavy atom. The predicted octanol–water partition coefficient (Wildman–Crippen LogP) is 4.06. The van der Waals surface area contributed by atoms with Crippen LogP contribution >= 0.6 is 0 Å². The van der Waals surface area contributed by atoms with E-state index in [1.54, 1.807) is 31.4 Å². The lowest BCUT2D eigenvalue weighted by molar-refractivity contribution is -0.401. The van der Waals surface area contributed by atoms with E-state index in [0.717, 1.165) is 6.20 Å². The van der Waals surface area contributed by atoms with Crippen molar-refractivity contribution < 1.29 is 23.9 Å². The van der Waals surface area contributed by atoms with Gasteiger partial charge in [0.2, 0.25) is 6.20 Å². The molecule has 0 bridgehead atoms. The van der Waals surface area contributed by atoms with Crippen LogP contribution in [0.4, 0.5) is 0 Å². The topological polar surface area (TPSA) is 80.1 Å². The smallest absolute Gasteiger partial charge is 0.238 e. The van der Waals surface area contributed by atoms with Crippen molar-refractivity contribution in [1.29, 1.82) is 0 Å². The third-order valence-corrected chi connectivity index (χ3v) is 4.48. The molecule has 0 aliphatic carbocycles. The van der Waals surface area contributed by atoms with Gasteiger partial charge in [0.1, 0.15) is 0 Å². The van der Waals surface area contributed by atoms with Gasteiger partial charge in [0.05, 0.1) is 32.4 Å². The molecule has 7 nitrogen and oxygen atoms in total. The quantitative estimate of drug-likeness (QED) is 0.386. The van der Waals surface area contributed by atoms with Gasteiger partial charge in [-0.05, 0) is 30.2 Å². The Balaban J connectivity index is 2.23. The van der Waals surface area contributed by atoms with Crippen molar-refractivity contribution in [3.63, 3.8) is 0 Å². The fraction of sp³-hybridized carbons (Fsp3) is 0.500. The first-order valence-electron chi connectivity index (χ1n) is 8.72.